The number of rotatable bonds is 5. The van der Waals surface area contributed by atoms with E-state index >= 15 is 0 Å². The van der Waals surface area contributed by atoms with Gasteiger partial charge in [-0.05, 0) is 53.6 Å². The van der Waals surface area contributed by atoms with Crippen molar-refractivity contribution in [2.75, 3.05) is 6.54 Å². The van der Waals surface area contributed by atoms with Gasteiger partial charge in [0.15, 0.2) is 0 Å². The standard InChI is InChI=1S/C19H23N/c1-2-20-14-15-6-3-9-17(12-15)19-11-5-10-18(13-19)16-7-4-8-16/h3,5-6,9-13,16,20H,2,4,7-8,14H2,1H3. The Kier molecular flexibility index (Phi) is 4.17. The molecule has 0 aromatic heterocycles. The third kappa shape index (κ3) is 2.94. The molecule has 0 unspecified atom stereocenters. The van der Waals surface area contributed by atoms with Crippen LogP contribution in [0.5, 0.6) is 0 Å². The molecule has 0 spiro atoms. The Morgan fingerprint density at radius 1 is 1.00 bits per heavy atom. The minimum absolute atomic E-state index is 0.805. The third-order valence-electron chi connectivity index (χ3n) is 4.30. The normalized spacial score (nSPS) is 15.1. The van der Waals surface area contributed by atoms with Crippen LogP contribution in [0, 0.1) is 0 Å². The summed E-state index contributed by atoms with van der Waals surface area (Å²) in [5, 5.41) is 3.39. The summed E-state index contributed by atoms with van der Waals surface area (Å²) in [6.45, 7) is 4.11. The lowest BCUT2D eigenvalue weighted by molar-refractivity contribution is 0.420. The van der Waals surface area contributed by atoms with Crippen LogP contribution in [0.3, 0.4) is 0 Å². The van der Waals surface area contributed by atoms with Crippen LogP contribution in [-0.4, -0.2) is 6.54 Å². The summed E-state index contributed by atoms with van der Waals surface area (Å²) in [6, 6.07) is 18.0. The van der Waals surface area contributed by atoms with E-state index in [1.54, 1.807) is 0 Å². The zero-order valence-corrected chi connectivity index (χ0v) is 12.2. The van der Waals surface area contributed by atoms with Crippen molar-refractivity contribution in [1.29, 1.82) is 0 Å². The number of nitrogens with one attached hydrogen (secondary N) is 1. The van der Waals surface area contributed by atoms with Gasteiger partial charge in [-0.3, -0.25) is 0 Å². The molecular weight excluding hydrogens is 242 g/mol. The maximum absolute atomic E-state index is 3.39. The van der Waals surface area contributed by atoms with Crippen LogP contribution in [0.1, 0.15) is 43.2 Å². The van der Waals surface area contributed by atoms with Gasteiger partial charge in [0.1, 0.15) is 0 Å². The van der Waals surface area contributed by atoms with Crippen molar-refractivity contribution in [3.05, 3.63) is 59.7 Å². The minimum atomic E-state index is 0.805. The van der Waals surface area contributed by atoms with Crippen molar-refractivity contribution in [2.45, 2.75) is 38.6 Å². The summed E-state index contributed by atoms with van der Waals surface area (Å²) in [5.41, 5.74) is 5.57. The Bertz CT molecular complexity index is 569. The monoisotopic (exact) mass is 265 g/mol. The average molecular weight is 265 g/mol. The van der Waals surface area contributed by atoms with Crippen LogP contribution in [0.4, 0.5) is 0 Å². The Balaban J connectivity index is 1.84. The van der Waals surface area contributed by atoms with E-state index in [9.17, 15) is 0 Å². The van der Waals surface area contributed by atoms with Crippen LogP contribution in [0.25, 0.3) is 11.1 Å². The summed E-state index contributed by atoms with van der Waals surface area (Å²) < 4.78 is 0. The van der Waals surface area contributed by atoms with Crippen molar-refractivity contribution < 1.29 is 0 Å². The highest BCUT2D eigenvalue weighted by Gasteiger charge is 2.19. The lowest BCUT2D eigenvalue weighted by Crippen LogP contribution is -2.11. The molecule has 0 atom stereocenters. The number of hydrogen-bond acceptors (Lipinski definition) is 1. The van der Waals surface area contributed by atoms with E-state index in [-0.39, 0.29) is 0 Å². The van der Waals surface area contributed by atoms with Gasteiger partial charge in [0.25, 0.3) is 0 Å². The SMILES string of the molecule is CCNCc1cccc(-c2cccc(C3CCC3)c2)c1. The highest BCUT2D eigenvalue weighted by atomic mass is 14.8. The predicted octanol–water partition coefficient (Wildman–Crippen LogP) is 4.73. The molecule has 1 saturated carbocycles. The molecule has 1 aliphatic carbocycles. The summed E-state index contributed by atoms with van der Waals surface area (Å²) in [6.07, 6.45) is 4.13. The zero-order valence-electron chi connectivity index (χ0n) is 12.2. The van der Waals surface area contributed by atoms with Crippen LogP contribution >= 0.6 is 0 Å². The third-order valence-corrected chi connectivity index (χ3v) is 4.30. The second-order valence-corrected chi connectivity index (χ2v) is 5.73. The number of benzene rings is 2. The molecule has 1 nitrogen and oxygen atoms in total. The molecule has 0 saturated heterocycles. The fourth-order valence-corrected chi connectivity index (χ4v) is 2.84. The van der Waals surface area contributed by atoms with Gasteiger partial charge in [0, 0.05) is 6.54 Å². The first-order valence-corrected chi connectivity index (χ1v) is 7.77. The maximum atomic E-state index is 3.39. The fourth-order valence-electron chi connectivity index (χ4n) is 2.84. The molecule has 0 radical (unpaired) electrons. The Morgan fingerprint density at radius 3 is 2.45 bits per heavy atom. The van der Waals surface area contributed by atoms with E-state index in [4.69, 9.17) is 0 Å². The fraction of sp³-hybridized carbons (Fsp3) is 0.368. The highest BCUT2D eigenvalue weighted by Crippen LogP contribution is 2.37. The predicted molar refractivity (Wildman–Crippen MR) is 85.9 cm³/mol. The van der Waals surface area contributed by atoms with Crippen molar-refractivity contribution in [1.82, 2.24) is 5.32 Å². The molecule has 0 amide bonds. The van der Waals surface area contributed by atoms with Crippen LogP contribution in [0.2, 0.25) is 0 Å². The van der Waals surface area contributed by atoms with Gasteiger partial charge in [-0.15, -0.1) is 0 Å². The Hall–Kier alpha value is -1.60. The Morgan fingerprint density at radius 2 is 1.75 bits per heavy atom. The van der Waals surface area contributed by atoms with Crippen molar-refractivity contribution in [3.8, 4) is 11.1 Å². The van der Waals surface area contributed by atoms with E-state index in [2.05, 4.69) is 60.8 Å². The lowest BCUT2D eigenvalue weighted by Gasteiger charge is -2.26. The minimum Gasteiger partial charge on any atom is -0.313 e. The summed E-state index contributed by atoms with van der Waals surface area (Å²) in [4.78, 5) is 0. The summed E-state index contributed by atoms with van der Waals surface area (Å²) >= 11 is 0. The van der Waals surface area contributed by atoms with E-state index in [1.165, 1.54) is 41.5 Å². The second kappa shape index (κ2) is 6.23. The molecule has 3 rings (SSSR count). The van der Waals surface area contributed by atoms with E-state index in [1.807, 2.05) is 0 Å². The van der Waals surface area contributed by atoms with Crippen molar-refractivity contribution in [3.63, 3.8) is 0 Å². The molecule has 2 aromatic rings. The Labute approximate surface area is 122 Å². The van der Waals surface area contributed by atoms with E-state index < -0.39 is 0 Å². The average Bonchev–Trinajstić information content (AvgIpc) is 2.44. The molecule has 104 valence electrons. The van der Waals surface area contributed by atoms with Gasteiger partial charge in [-0.2, -0.15) is 0 Å². The topological polar surface area (TPSA) is 12.0 Å². The van der Waals surface area contributed by atoms with Gasteiger partial charge >= 0.3 is 0 Å². The molecule has 1 fully saturated rings. The van der Waals surface area contributed by atoms with Crippen LogP contribution < -0.4 is 5.32 Å². The van der Waals surface area contributed by atoms with Crippen molar-refractivity contribution in [2.24, 2.45) is 0 Å². The van der Waals surface area contributed by atoms with E-state index in [0.29, 0.717) is 0 Å². The van der Waals surface area contributed by atoms with Crippen molar-refractivity contribution >= 4 is 0 Å². The quantitative estimate of drug-likeness (QED) is 0.824. The lowest BCUT2D eigenvalue weighted by atomic mass is 9.79. The van der Waals surface area contributed by atoms with Gasteiger partial charge in [-0.25, -0.2) is 0 Å². The maximum Gasteiger partial charge on any atom is 0.0205 e. The molecule has 0 bridgehead atoms. The summed E-state index contributed by atoms with van der Waals surface area (Å²) in [5.74, 6) is 0.805. The molecule has 20 heavy (non-hydrogen) atoms. The molecule has 1 aliphatic rings. The van der Waals surface area contributed by atoms with Gasteiger partial charge in [-0.1, -0.05) is 55.8 Å². The highest BCUT2D eigenvalue weighted by molar-refractivity contribution is 5.65. The van der Waals surface area contributed by atoms with Gasteiger partial charge < -0.3 is 5.32 Å². The molecule has 0 heterocycles. The molecule has 0 aliphatic heterocycles. The largest absolute Gasteiger partial charge is 0.313 e. The smallest absolute Gasteiger partial charge is 0.0205 e. The molecule has 2 aromatic carbocycles. The van der Waals surface area contributed by atoms with Gasteiger partial charge in [0.2, 0.25) is 0 Å². The molecule has 1 N–H and O–H groups in total. The van der Waals surface area contributed by atoms with Crippen LogP contribution in [-0.2, 0) is 6.54 Å². The first kappa shape index (κ1) is 13.4. The number of hydrogen-bond donors (Lipinski definition) is 1. The van der Waals surface area contributed by atoms with Crippen LogP contribution in [0.15, 0.2) is 48.5 Å². The summed E-state index contributed by atoms with van der Waals surface area (Å²) in [7, 11) is 0. The second-order valence-electron chi connectivity index (χ2n) is 5.73. The molecular formula is C19H23N. The first-order valence-electron chi connectivity index (χ1n) is 7.77. The first-order chi connectivity index (χ1) is 9.86. The zero-order chi connectivity index (χ0) is 13.8. The molecule has 1 heteroatoms. The van der Waals surface area contributed by atoms with E-state index in [0.717, 1.165) is 19.0 Å². The van der Waals surface area contributed by atoms with Gasteiger partial charge in [0.05, 0.1) is 0 Å².